The highest BCUT2D eigenvalue weighted by Gasteiger charge is 2.20. The molecule has 0 unspecified atom stereocenters. The third-order valence-corrected chi connectivity index (χ3v) is 5.56. The molecule has 24 heavy (non-hydrogen) atoms. The Morgan fingerprint density at radius 3 is 2.54 bits per heavy atom. The van der Waals surface area contributed by atoms with Crippen LogP contribution in [-0.2, 0) is 6.54 Å². The van der Waals surface area contributed by atoms with Gasteiger partial charge in [-0.1, -0.05) is 47.7 Å². The van der Waals surface area contributed by atoms with Gasteiger partial charge in [0.2, 0.25) is 0 Å². The number of hydrogen-bond donors (Lipinski definition) is 0. The maximum absolute atomic E-state index is 5.43. The van der Waals surface area contributed by atoms with E-state index in [2.05, 4.69) is 46.2 Å². The van der Waals surface area contributed by atoms with Crippen LogP contribution in [0.1, 0.15) is 5.56 Å². The van der Waals surface area contributed by atoms with E-state index in [-0.39, 0.29) is 0 Å². The number of anilines is 1. The molecule has 1 aromatic heterocycles. The van der Waals surface area contributed by atoms with Crippen molar-refractivity contribution in [1.29, 1.82) is 0 Å². The van der Waals surface area contributed by atoms with Crippen molar-refractivity contribution in [2.75, 3.05) is 38.2 Å². The number of para-hydroxylation sites is 1. The highest BCUT2D eigenvalue weighted by Crippen LogP contribution is 2.34. The van der Waals surface area contributed by atoms with E-state index >= 15 is 0 Å². The van der Waals surface area contributed by atoms with Gasteiger partial charge >= 0.3 is 0 Å². The number of methoxy groups -OCH3 is 1. The minimum absolute atomic E-state index is 0.859. The number of aromatic nitrogens is 1. The van der Waals surface area contributed by atoms with Crippen molar-refractivity contribution in [1.82, 2.24) is 9.88 Å². The van der Waals surface area contributed by atoms with Crippen molar-refractivity contribution in [2.24, 2.45) is 0 Å². The second-order valence-corrected chi connectivity index (χ2v) is 7.06. The zero-order valence-electron chi connectivity index (χ0n) is 13.8. The number of rotatable bonds is 4. The van der Waals surface area contributed by atoms with Gasteiger partial charge in [-0.25, -0.2) is 4.98 Å². The zero-order chi connectivity index (χ0) is 16.4. The van der Waals surface area contributed by atoms with Crippen molar-refractivity contribution in [3.63, 3.8) is 0 Å². The molecule has 5 heteroatoms. The molecular weight excluding hydrogens is 318 g/mol. The Labute approximate surface area is 146 Å². The number of hydrogen-bond acceptors (Lipinski definition) is 5. The first-order valence-electron chi connectivity index (χ1n) is 8.28. The molecule has 0 bridgehead atoms. The van der Waals surface area contributed by atoms with Gasteiger partial charge in [-0.3, -0.25) is 4.90 Å². The molecule has 0 saturated carbocycles. The van der Waals surface area contributed by atoms with Gasteiger partial charge in [0.25, 0.3) is 0 Å². The summed E-state index contributed by atoms with van der Waals surface area (Å²) in [5.74, 6) is 0.859. The van der Waals surface area contributed by atoms with Crippen molar-refractivity contribution in [2.45, 2.75) is 6.54 Å². The highest BCUT2D eigenvalue weighted by atomic mass is 32.1. The molecule has 4 rings (SSSR count). The molecule has 0 N–H and O–H groups in total. The lowest BCUT2D eigenvalue weighted by Crippen LogP contribution is -2.45. The van der Waals surface area contributed by atoms with Crippen LogP contribution >= 0.6 is 11.3 Å². The van der Waals surface area contributed by atoms with E-state index in [1.54, 1.807) is 18.4 Å². The van der Waals surface area contributed by atoms with Gasteiger partial charge in [0.05, 0.1) is 11.8 Å². The first kappa shape index (κ1) is 15.4. The highest BCUT2D eigenvalue weighted by molar-refractivity contribution is 7.22. The van der Waals surface area contributed by atoms with E-state index < -0.39 is 0 Å². The molecule has 3 aromatic rings. The van der Waals surface area contributed by atoms with Crippen LogP contribution in [0.2, 0.25) is 0 Å². The fraction of sp³-hybridized carbons (Fsp3) is 0.316. The Kier molecular flexibility index (Phi) is 4.36. The summed E-state index contributed by atoms with van der Waals surface area (Å²) in [5, 5.41) is 1.11. The summed E-state index contributed by atoms with van der Waals surface area (Å²) in [4.78, 5) is 9.73. The largest absolute Gasteiger partial charge is 0.494 e. The van der Waals surface area contributed by atoms with Gasteiger partial charge in [0, 0.05) is 32.7 Å². The second kappa shape index (κ2) is 6.79. The van der Waals surface area contributed by atoms with E-state index in [0.29, 0.717) is 0 Å². The zero-order valence-corrected chi connectivity index (χ0v) is 14.6. The number of piperazine rings is 1. The average Bonchev–Trinajstić information content (AvgIpc) is 3.07. The van der Waals surface area contributed by atoms with Crippen LogP contribution in [-0.4, -0.2) is 43.2 Å². The van der Waals surface area contributed by atoms with Gasteiger partial charge in [0.15, 0.2) is 5.13 Å². The van der Waals surface area contributed by atoms with E-state index in [1.165, 1.54) is 10.3 Å². The quantitative estimate of drug-likeness (QED) is 0.726. The third kappa shape index (κ3) is 3.09. The summed E-state index contributed by atoms with van der Waals surface area (Å²) < 4.78 is 6.62. The number of fused-ring (bicyclic) bond motifs is 1. The van der Waals surface area contributed by atoms with Crippen LogP contribution in [0, 0.1) is 0 Å². The number of ether oxygens (including phenoxy) is 1. The Bertz CT molecular complexity index is 810. The summed E-state index contributed by atoms with van der Waals surface area (Å²) in [5.41, 5.74) is 2.36. The van der Waals surface area contributed by atoms with E-state index in [1.807, 2.05) is 12.1 Å². The van der Waals surface area contributed by atoms with Crippen LogP contribution in [0.4, 0.5) is 5.13 Å². The van der Waals surface area contributed by atoms with E-state index in [0.717, 1.165) is 49.1 Å². The molecule has 2 heterocycles. The standard InChI is InChI=1S/C19H21N3OS/c1-23-16-8-5-9-17-18(16)20-19(24-17)22-12-10-21(11-13-22)14-15-6-3-2-4-7-15/h2-9H,10-14H2,1H3. The van der Waals surface area contributed by atoms with Crippen molar-refractivity contribution >= 4 is 26.7 Å². The Morgan fingerprint density at radius 2 is 1.79 bits per heavy atom. The molecule has 1 aliphatic rings. The lowest BCUT2D eigenvalue weighted by atomic mass is 10.2. The van der Waals surface area contributed by atoms with Gasteiger partial charge in [0.1, 0.15) is 11.3 Å². The van der Waals surface area contributed by atoms with E-state index in [9.17, 15) is 0 Å². The fourth-order valence-electron chi connectivity index (χ4n) is 3.15. The molecule has 4 nitrogen and oxygen atoms in total. The molecule has 1 fully saturated rings. The number of benzene rings is 2. The number of thiazole rings is 1. The van der Waals surface area contributed by atoms with Gasteiger partial charge in [-0.05, 0) is 17.7 Å². The Morgan fingerprint density at radius 1 is 1.00 bits per heavy atom. The summed E-state index contributed by atoms with van der Waals surface area (Å²) >= 11 is 1.75. The molecule has 0 radical (unpaired) electrons. The van der Waals surface area contributed by atoms with Crippen LogP contribution < -0.4 is 9.64 Å². The molecule has 0 spiro atoms. The summed E-state index contributed by atoms with van der Waals surface area (Å²) in [6.45, 7) is 5.22. The van der Waals surface area contributed by atoms with E-state index in [4.69, 9.17) is 9.72 Å². The number of nitrogens with zero attached hydrogens (tertiary/aromatic N) is 3. The normalized spacial score (nSPS) is 15.8. The topological polar surface area (TPSA) is 28.6 Å². The fourth-order valence-corrected chi connectivity index (χ4v) is 4.19. The minimum Gasteiger partial charge on any atom is -0.494 e. The van der Waals surface area contributed by atoms with Gasteiger partial charge in [-0.15, -0.1) is 0 Å². The molecule has 0 atom stereocenters. The summed E-state index contributed by atoms with van der Waals surface area (Å²) in [6, 6.07) is 16.8. The average molecular weight is 339 g/mol. The van der Waals surface area contributed by atoms with Crippen LogP contribution in [0.25, 0.3) is 10.2 Å². The smallest absolute Gasteiger partial charge is 0.186 e. The molecule has 0 aliphatic carbocycles. The molecule has 1 saturated heterocycles. The first-order valence-corrected chi connectivity index (χ1v) is 9.10. The Balaban J connectivity index is 1.44. The molecular formula is C19H21N3OS. The van der Waals surface area contributed by atoms with Crippen molar-refractivity contribution < 1.29 is 4.74 Å². The first-order chi connectivity index (χ1) is 11.8. The Hall–Kier alpha value is -2.11. The second-order valence-electron chi connectivity index (χ2n) is 6.05. The van der Waals surface area contributed by atoms with Crippen LogP contribution in [0.3, 0.4) is 0 Å². The minimum atomic E-state index is 0.859. The maximum atomic E-state index is 5.43. The summed E-state index contributed by atoms with van der Waals surface area (Å²) in [7, 11) is 1.70. The summed E-state index contributed by atoms with van der Waals surface area (Å²) in [6.07, 6.45) is 0. The maximum Gasteiger partial charge on any atom is 0.186 e. The monoisotopic (exact) mass is 339 g/mol. The van der Waals surface area contributed by atoms with Crippen molar-refractivity contribution in [3.05, 3.63) is 54.1 Å². The van der Waals surface area contributed by atoms with Crippen LogP contribution in [0.15, 0.2) is 48.5 Å². The third-order valence-electron chi connectivity index (χ3n) is 4.48. The molecule has 0 amide bonds. The predicted molar refractivity (Wildman–Crippen MR) is 100 cm³/mol. The van der Waals surface area contributed by atoms with Crippen LogP contribution in [0.5, 0.6) is 5.75 Å². The predicted octanol–water partition coefficient (Wildman–Crippen LogP) is 3.63. The van der Waals surface area contributed by atoms with Gasteiger partial charge < -0.3 is 9.64 Å². The molecule has 1 aliphatic heterocycles. The molecule has 2 aromatic carbocycles. The molecule has 124 valence electrons. The lowest BCUT2D eigenvalue weighted by Gasteiger charge is -2.34. The van der Waals surface area contributed by atoms with Crippen molar-refractivity contribution in [3.8, 4) is 5.75 Å². The SMILES string of the molecule is COc1cccc2sc(N3CCN(Cc4ccccc4)CC3)nc12. The van der Waals surface area contributed by atoms with Gasteiger partial charge in [-0.2, -0.15) is 0 Å². The lowest BCUT2D eigenvalue weighted by molar-refractivity contribution is 0.250.